The van der Waals surface area contributed by atoms with Gasteiger partial charge in [0.05, 0.1) is 0 Å². The zero-order valence-electron chi connectivity index (χ0n) is 10.8. The summed E-state index contributed by atoms with van der Waals surface area (Å²) in [5.74, 6) is 0.0183. The number of rotatable bonds is 3. The fraction of sp³-hybridized carbons (Fsp3) is 0.857. The monoisotopic (exact) mass is 251 g/mol. The van der Waals surface area contributed by atoms with Gasteiger partial charge in [0.2, 0.25) is 5.91 Å². The molecule has 18 heavy (non-hydrogen) atoms. The molecule has 4 aliphatic carbocycles. The molecule has 4 rings (SSSR count). The Morgan fingerprint density at radius 2 is 1.56 bits per heavy atom. The van der Waals surface area contributed by atoms with Crippen molar-refractivity contribution in [3.63, 3.8) is 0 Å². The topological polar surface area (TPSA) is 66.4 Å². The van der Waals surface area contributed by atoms with Gasteiger partial charge in [-0.15, -0.1) is 0 Å². The Morgan fingerprint density at radius 1 is 1.11 bits per heavy atom. The van der Waals surface area contributed by atoms with E-state index in [9.17, 15) is 9.59 Å². The van der Waals surface area contributed by atoms with E-state index in [0.717, 1.165) is 37.0 Å². The molecule has 0 aliphatic heterocycles. The molecular formula is C14H21NO3. The number of carbonyl (C=O) groups is 2. The Bertz CT molecular complexity index is 355. The third-order valence-corrected chi connectivity index (χ3v) is 5.19. The van der Waals surface area contributed by atoms with Crippen molar-refractivity contribution in [3.8, 4) is 0 Å². The van der Waals surface area contributed by atoms with Crippen LogP contribution in [0.15, 0.2) is 0 Å². The highest BCUT2D eigenvalue weighted by Crippen LogP contribution is 2.55. The summed E-state index contributed by atoms with van der Waals surface area (Å²) in [7, 11) is 0. The molecule has 1 amide bonds. The summed E-state index contributed by atoms with van der Waals surface area (Å²) in [4.78, 5) is 22.8. The number of amides is 1. The van der Waals surface area contributed by atoms with E-state index in [4.69, 9.17) is 5.11 Å². The number of hydrogen-bond donors (Lipinski definition) is 2. The highest BCUT2D eigenvalue weighted by Gasteiger charge is 2.51. The zero-order valence-corrected chi connectivity index (χ0v) is 10.8. The van der Waals surface area contributed by atoms with Gasteiger partial charge in [0.1, 0.15) is 5.92 Å². The van der Waals surface area contributed by atoms with E-state index < -0.39 is 11.9 Å². The second kappa shape index (κ2) is 3.97. The molecule has 4 heteroatoms. The van der Waals surface area contributed by atoms with Gasteiger partial charge in [0.25, 0.3) is 0 Å². The SMILES string of the molecule is CC(C(=O)O)C(=O)NC12CC3CC(CC(C3)C1)C2. The Morgan fingerprint density at radius 3 is 1.94 bits per heavy atom. The molecule has 0 aromatic carbocycles. The van der Waals surface area contributed by atoms with Crippen molar-refractivity contribution in [2.45, 2.75) is 51.0 Å². The predicted molar refractivity (Wildman–Crippen MR) is 65.8 cm³/mol. The minimum absolute atomic E-state index is 0.0739. The van der Waals surface area contributed by atoms with Crippen LogP contribution in [0.5, 0.6) is 0 Å². The molecule has 0 heterocycles. The first-order valence-electron chi connectivity index (χ1n) is 7.02. The molecule has 0 saturated heterocycles. The van der Waals surface area contributed by atoms with Crippen LogP contribution in [0, 0.1) is 23.7 Å². The van der Waals surface area contributed by atoms with E-state index in [-0.39, 0.29) is 11.4 Å². The van der Waals surface area contributed by atoms with Crippen LogP contribution < -0.4 is 5.32 Å². The zero-order chi connectivity index (χ0) is 12.9. The summed E-state index contributed by atoms with van der Waals surface area (Å²) in [6.45, 7) is 1.47. The van der Waals surface area contributed by atoms with Crippen molar-refractivity contribution in [2.24, 2.45) is 23.7 Å². The van der Waals surface area contributed by atoms with Gasteiger partial charge >= 0.3 is 5.97 Å². The van der Waals surface area contributed by atoms with Gasteiger partial charge < -0.3 is 10.4 Å². The molecule has 0 spiro atoms. The molecule has 1 atom stereocenters. The molecule has 0 aromatic heterocycles. The lowest BCUT2D eigenvalue weighted by atomic mass is 9.53. The lowest BCUT2D eigenvalue weighted by Crippen LogP contribution is -2.60. The Labute approximate surface area is 107 Å². The van der Waals surface area contributed by atoms with Gasteiger partial charge in [-0.25, -0.2) is 0 Å². The predicted octanol–water partition coefficient (Wildman–Crippen LogP) is 1.79. The number of nitrogens with one attached hydrogen (secondary N) is 1. The van der Waals surface area contributed by atoms with Crippen LogP contribution >= 0.6 is 0 Å². The van der Waals surface area contributed by atoms with Crippen molar-refractivity contribution < 1.29 is 14.7 Å². The first kappa shape index (κ1) is 12.0. The Balaban J connectivity index is 1.72. The van der Waals surface area contributed by atoms with Crippen LogP contribution in [0.25, 0.3) is 0 Å². The lowest BCUT2D eigenvalue weighted by molar-refractivity contribution is -0.147. The third kappa shape index (κ3) is 1.91. The summed E-state index contributed by atoms with van der Waals surface area (Å²) in [6.07, 6.45) is 7.17. The highest BCUT2D eigenvalue weighted by molar-refractivity contribution is 5.96. The fourth-order valence-corrected chi connectivity index (χ4v) is 4.75. The first-order chi connectivity index (χ1) is 8.47. The van der Waals surface area contributed by atoms with Crippen molar-refractivity contribution in [1.29, 1.82) is 0 Å². The maximum Gasteiger partial charge on any atom is 0.315 e. The van der Waals surface area contributed by atoms with Crippen LogP contribution in [0.2, 0.25) is 0 Å². The van der Waals surface area contributed by atoms with Gasteiger partial charge in [-0.1, -0.05) is 0 Å². The van der Waals surface area contributed by atoms with E-state index in [2.05, 4.69) is 5.32 Å². The van der Waals surface area contributed by atoms with Crippen LogP contribution in [0.3, 0.4) is 0 Å². The average Bonchev–Trinajstić information content (AvgIpc) is 2.24. The fourth-order valence-electron chi connectivity index (χ4n) is 4.75. The molecule has 4 aliphatic rings. The van der Waals surface area contributed by atoms with E-state index >= 15 is 0 Å². The van der Waals surface area contributed by atoms with Gasteiger partial charge in [0, 0.05) is 5.54 Å². The van der Waals surface area contributed by atoms with Crippen molar-refractivity contribution in [2.75, 3.05) is 0 Å². The maximum absolute atomic E-state index is 12.0. The normalized spacial score (nSPS) is 42.6. The lowest BCUT2D eigenvalue weighted by Gasteiger charge is -2.57. The smallest absolute Gasteiger partial charge is 0.315 e. The summed E-state index contributed by atoms with van der Waals surface area (Å²) in [6, 6.07) is 0. The molecule has 100 valence electrons. The summed E-state index contributed by atoms with van der Waals surface area (Å²) in [5, 5.41) is 12.0. The average molecular weight is 251 g/mol. The largest absolute Gasteiger partial charge is 0.481 e. The van der Waals surface area contributed by atoms with Gasteiger partial charge in [0.15, 0.2) is 0 Å². The number of carbonyl (C=O) groups excluding carboxylic acids is 1. The van der Waals surface area contributed by atoms with E-state index in [0.29, 0.717) is 0 Å². The molecule has 4 bridgehead atoms. The van der Waals surface area contributed by atoms with Crippen molar-refractivity contribution >= 4 is 11.9 Å². The summed E-state index contributed by atoms with van der Waals surface area (Å²) >= 11 is 0. The first-order valence-corrected chi connectivity index (χ1v) is 7.02. The number of hydrogen-bond acceptors (Lipinski definition) is 2. The molecule has 0 aromatic rings. The van der Waals surface area contributed by atoms with E-state index in [1.54, 1.807) is 0 Å². The number of carboxylic acids is 1. The highest BCUT2D eigenvalue weighted by atomic mass is 16.4. The van der Waals surface area contributed by atoms with E-state index in [1.807, 2.05) is 0 Å². The molecular weight excluding hydrogens is 230 g/mol. The Kier molecular flexibility index (Phi) is 2.65. The van der Waals surface area contributed by atoms with Gasteiger partial charge in [-0.2, -0.15) is 0 Å². The van der Waals surface area contributed by atoms with Gasteiger partial charge in [-0.05, 0) is 63.2 Å². The Hall–Kier alpha value is -1.06. The maximum atomic E-state index is 12.0. The molecule has 4 fully saturated rings. The molecule has 2 N–H and O–H groups in total. The second-order valence-electron chi connectivity index (χ2n) is 6.75. The standard InChI is InChI=1S/C14H21NO3/c1-8(13(17)18)12(16)15-14-5-9-2-10(6-14)4-11(3-9)7-14/h8-11H,2-7H2,1H3,(H,15,16)(H,17,18). The van der Waals surface area contributed by atoms with Crippen molar-refractivity contribution in [3.05, 3.63) is 0 Å². The van der Waals surface area contributed by atoms with Gasteiger partial charge in [-0.3, -0.25) is 9.59 Å². The van der Waals surface area contributed by atoms with Crippen LogP contribution in [0.1, 0.15) is 45.4 Å². The molecule has 1 unspecified atom stereocenters. The number of carboxylic acid groups (broad SMARTS) is 1. The van der Waals surface area contributed by atoms with Crippen molar-refractivity contribution in [1.82, 2.24) is 5.32 Å². The van der Waals surface area contributed by atoms with Crippen LogP contribution in [-0.2, 0) is 9.59 Å². The van der Waals surface area contributed by atoms with Crippen LogP contribution in [0.4, 0.5) is 0 Å². The van der Waals surface area contributed by atoms with Crippen LogP contribution in [-0.4, -0.2) is 22.5 Å². The third-order valence-electron chi connectivity index (χ3n) is 5.19. The summed E-state index contributed by atoms with van der Waals surface area (Å²) < 4.78 is 0. The number of aliphatic carboxylic acids is 1. The minimum atomic E-state index is -1.03. The quantitative estimate of drug-likeness (QED) is 0.751. The molecule has 0 radical (unpaired) electrons. The minimum Gasteiger partial charge on any atom is -0.481 e. The summed E-state index contributed by atoms with van der Waals surface area (Å²) in [5.41, 5.74) is -0.0739. The molecule has 4 nitrogen and oxygen atoms in total. The second-order valence-corrected chi connectivity index (χ2v) is 6.75. The molecule has 4 saturated carbocycles. The van der Waals surface area contributed by atoms with E-state index in [1.165, 1.54) is 26.2 Å².